The normalized spacial score (nSPS) is 18.0. The molecule has 0 bridgehead atoms. The minimum atomic E-state index is -1.34. The van der Waals surface area contributed by atoms with Crippen molar-refractivity contribution in [2.45, 2.75) is 97.8 Å². The number of Topliss-reactive ketones (excluding diaryl/α,β-unsaturated/α-hetero) is 1. The van der Waals surface area contributed by atoms with Crippen molar-refractivity contribution < 1.29 is 24.3 Å². The maximum atomic E-state index is 14.0. The van der Waals surface area contributed by atoms with E-state index in [4.69, 9.17) is 0 Å². The zero-order valence-electron chi connectivity index (χ0n) is 25.6. The molecule has 0 spiro atoms. The van der Waals surface area contributed by atoms with Crippen LogP contribution in [-0.4, -0.2) is 67.1 Å². The minimum absolute atomic E-state index is 0.174. The van der Waals surface area contributed by atoms with E-state index in [9.17, 15) is 24.3 Å². The number of aryl methyl sites for hydroxylation is 1. The van der Waals surface area contributed by atoms with Gasteiger partial charge in [0.25, 0.3) is 11.8 Å². The second kappa shape index (κ2) is 12.4. The number of carboxylic acid groups (broad SMARTS) is 1. The molecule has 1 fully saturated rings. The standard InChI is InChI=1S/C31H45N5O5/c1-9-10-16-22(26(37)27(38)32-20(2)21-14-12-11-13-15-21)36(29(40)41)25-18-31(6,7)19-35(25)28(39)23-17-24(30(3,4)5)33-34(23)8/h11-15,17,20,22,25H,9-10,16,18-19H2,1-8H3,(H,32,38)(H,40,41)/t20-,22?,25?/m1/s1. The molecular weight excluding hydrogens is 522 g/mol. The molecule has 1 aliphatic heterocycles. The lowest BCUT2D eigenvalue weighted by molar-refractivity contribution is -0.142. The van der Waals surface area contributed by atoms with Crippen LogP contribution in [0, 0.1) is 5.41 Å². The molecule has 224 valence electrons. The third-order valence-corrected chi connectivity index (χ3v) is 7.70. The zero-order chi connectivity index (χ0) is 30.7. The van der Waals surface area contributed by atoms with Gasteiger partial charge in [-0.2, -0.15) is 5.10 Å². The summed E-state index contributed by atoms with van der Waals surface area (Å²) in [6.45, 7) is 14.0. The SMILES string of the molecule is CCCCC(C(=O)C(=O)N[C@H](C)c1ccccc1)N(C(=O)O)C1CC(C)(C)CN1C(=O)c1cc(C(C)(C)C)nn1C. The van der Waals surface area contributed by atoms with Gasteiger partial charge in [-0.15, -0.1) is 0 Å². The first-order chi connectivity index (χ1) is 19.1. The van der Waals surface area contributed by atoms with E-state index in [-0.39, 0.29) is 17.7 Å². The Morgan fingerprint density at radius 1 is 1.17 bits per heavy atom. The number of hydrogen-bond acceptors (Lipinski definition) is 5. The summed E-state index contributed by atoms with van der Waals surface area (Å²) in [4.78, 5) is 56.3. The fourth-order valence-corrected chi connectivity index (χ4v) is 5.38. The second-order valence-corrected chi connectivity index (χ2v) is 12.9. The van der Waals surface area contributed by atoms with Crippen molar-refractivity contribution in [3.05, 3.63) is 53.3 Å². The Kier molecular flexibility index (Phi) is 9.66. The van der Waals surface area contributed by atoms with Crippen LogP contribution in [-0.2, 0) is 22.1 Å². The number of carbonyl (C=O) groups is 4. The molecular formula is C31H45N5O5. The molecule has 3 amide bonds. The Morgan fingerprint density at radius 3 is 2.34 bits per heavy atom. The van der Waals surface area contributed by atoms with Crippen LogP contribution in [0.1, 0.15) is 102 Å². The second-order valence-electron chi connectivity index (χ2n) is 12.9. The predicted molar refractivity (Wildman–Crippen MR) is 156 cm³/mol. The lowest BCUT2D eigenvalue weighted by Gasteiger charge is -2.37. The number of benzene rings is 1. The highest BCUT2D eigenvalue weighted by Gasteiger charge is 2.49. The van der Waals surface area contributed by atoms with Gasteiger partial charge in [0.15, 0.2) is 0 Å². The lowest BCUT2D eigenvalue weighted by Crippen LogP contribution is -2.58. The molecule has 3 atom stereocenters. The van der Waals surface area contributed by atoms with E-state index in [2.05, 4.69) is 10.4 Å². The highest BCUT2D eigenvalue weighted by atomic mass is 16.4. The topological polar surface area (TPSA) is 125 Å². The summed E-state index contributed by atoms with van der Waals surface area (Å²) in [7, 11) is 1.69. The number of carbonyl (C=O) groups excluding carboxylic acids is 3. The number of hydrogen-bond donors (Lipinski definition) is 2. The molecule has 2 unspecified atom stereocenters. The lowest BCUT2D eigenvalue weighted by atomic mass is 9.91. The summed E-state index contributed by atoms with van der Waals surface area (Å²) >= 11 is 0. The molecule has 10 heteroatoms. The highest BCUT2D eigenvalue weighted by molar-refractivity contribution is 6.38. The van der Waals surface area contributed by atoms with Gasteiger partial charge >= 0.3 is 6.09 Å². The van der Waals surface area contributed by atoms with E-state index < -0.39 is 41.4 Å². The third-order valence-electron chi connectivity index (χ3n) is 7.70. The molecule has 1 aliphatic rings. The van der Waals surface area contributed by atoms with Crippen molar-refractivity contribution in [1.29, 1.82) is 0 Å². The number of likely N-dealkylation sites (tertiary alicyclic amines) is 1. The van der Waals surface area contributed by atoms with E-state index in [1.807, 2.05) is 71.9 Å². The molecule has 2 aromatic rings. The van der Waals surface area contributed by atoms with Gasteiger partial charge in [0, 0.05) is 19.0 Å². The molecule has 0 aliphatic carbocycles. The van der Waals surface area contributed by atoms with E-state index in [0.717, 1.165) is 16.2 Å². The molecule has 41 heavy (non-hydrogen) atoms. The van der Waals surface area contributed by atoms with Crippen molar-refractivity contribution in [1.82, 2.24) is 24.9 Å². The largest absolute Gasteiger partial charge is 0.465 e. The maximum absolute atomic E-state index is 14.0. The Labute approximate surface area is 243 Å². The third kappa shape index (κ3) is 7.34. The molecule has 2 heterocycles. The summed E-state index contributed by atoms with van der Waals surface area (Å²) in [5.74, 6) is -2.03. The number of aromatic nitrogens is 2. The van der Waals surface area contributed by atoms with Crippen LogP contribution in [0.25, 0.3) is 0 Å². The Hall–Kier alpha value is -3.69. The zero-order valence-corrected chi connectivity index (χ0v) is 25.6. The van der Waals surface area contributed by atoms with Crippen LogP contribution in [0.15, 0.2) is 36.4 Å². The monoisotopic (exact) mass is 567 g/mol. The fraction of sp³-hybridized carbons (Fsp3) is 0.581. The number of nitrogens with one attached hydrogen (secondary N) is 1. The molecule has 3 rings (SSSR count). The van der Waals surface area contributed by atoms with Gasteiger partial charge < -0.3 is 15.3 Å². The Balaban J connectivity index is 1.97. The van der Waals surface area contributed by atoms with Gasteiger partial charge in [-0.1, -0.05) is 84.7 Å². The molecule has 2 N–H and O–H groups in total. The smallest absolute Gasteiger partial charge is 0.409 e. The summed E-state index contributed by atoms with van der Waals surface area (Å²) < 4.78 is 1.52. The number of nitrogens with zero attached hydrogens (tertiary/aromatic N) is 4. The van der Waals surface area contributed by atoms with Gasteiger partial charge in [-0.3, -0.25) is 24.0 Å². The molecule has 1 aromatic heterocycles. The first-order valence-electron chi connectivity index (χ1n) is 14.3. The van der Waals surface area contributed by atoms with Gasteiger partial charge in [0.05, 0.1) is 11.7 Å². The first kappa shape index (κ1) is 31.8. The van der Waals surface area contributed by atoms with Crippen molar-refractivity contribution in [3.8, 4) is 0 Å². The summed E-state index contributed by atoms with van der Waals surface area (Å²) in [6, 6.07) is 9.31. The van der Waals surface area contributed by atoms with Crippen molar-refractivity contribution in [3.63, 3.8) is 0 Å². The van der Waals surface area contributed by atoms with E-state index in [0.29, 0.717) is 31.5 Å². The predicted octanol–water partition coefficient (Wildman–Crippen LogP) is 4.90. The van der Waals surface area contributed by atoms with E-state index in [1.54, 1.807) is 20.0 Å². The molecule has 10 nitrogen and oxygen atoms in total. The molecule has 1 aromatic carbocycles. The Morgan fingerprint density at radius 2 is 1.80 bits per heavy atom. The highest BCUT2D eigenvalue weighted by Crippen LogP contribution is 2.38. The van der Waals surface area contributed by atoms with Gasteiger partial charge in [0.1, 0.15) is 17.9 Å². The van der Waals surface area contributed by atoms with E-state index >= 15 is 0 Å². The molecule has 1 saturated heterocycles. The summed E-state index contributed by atoms with van der Waals surface area (Å²) in [6.07, 6.45) is -0.511. The maximum Gasteiger partial charge on any atom is 0.409 e. The van der Waals surface area contributed by atoms with Crippen LogP contribution in [0.5, 0.6) is 0 Å². The summed E-state index contributed by atoms with van der Waals surface area (Å²) in [5, 5.41) is 17.8. The number of amides is 3. The number of ketones is 1. The van der Waals surface area contributed by atoms with E-state index in [1.165, 1.54) is 9.58 Å². The minimum Gasteiger partial charge on any atom is -0.465 e. The average Bonchev–Trinajstić information content (AvgIpc) is 3.44. The van der Waals surface area contributed by atoms with Gasteiger partial charge in [-0.05, 0) is 36.8 Å². The van der Waals surface area contributed by atoms with Crippen LogP contribution in [0.4, 0.5) is 4.79 Å². The quantitative estimate of drug-likeness (QED) is 0.394. The first-order valence-corrected chi connectivity index (χ1v) is 14.3. The van der Waals surface area contributed by atoms with Crippen LogP contribution < -0.4 is 5.32 Å². The molecule has 0 saturated carbocycles. The molecule has 0 radical (unpaired) electrons. The van der Waals surface area contributed by atoms with Crippen LogP contribution >= 0.6 is 0 Å². The van der Waals surface area contributed by atoms with Crippen LogP contribution in [0.3, 0.4) is 0 Å². The number of rotatable bonds is 10. The van der Waals surface area contributed by atoms with Gasteiger partial charge in [0.2, 0.25) is 5.78 Å². The van der Waals surface area contributed by atoms with Crippen molar-refractivity contribution in [2.75, 3.05) is 6.54 Å². The van der Waals surface area contributed by atoms with Gasteiger partial charge in [-0.25, -0.2) is 4.79 Å². The average molecular weight is 568 g/mol. The number of unbranched alkanes of at least 4 members (excludes halogenated alkanes) is 1. The van der Waals surface area contributed by atoms with Crippen LogP contribution in [0.2, 0.25) is 0 Å². The fourth-order valence-electron chi connectivity index (χ4n) is 5.38. The van der Waals surface area contributed by atoms with Crippen molar-refractivity contribution >= 4 is 23.7 Å². The summed E-state index contributed by atoms with van der Waals surface area (Å²) in [5.41, 5.74) is 1.22. The Bertz CT molecular complexity index is 1260. The van der Waals surface area contributed by atoms with Crippen molar-refractivity contribution in [2.24, 2.45) is 12.5 Å².